The number of thiophene rings is 1. The van der Waals surface area contributed by atoms with Crippen molar-refractivity contribution < 1.29 is 0 Å². The Hall–Kier alpha value is -1.48. The number of para-hydroxylation sites is 2. The fraction of sp³-hybridized carbons (Fsp3) is 0.0909. The standard InChI is InChI=1S/C11H12N2S/c12-10-5-1-2-6-11(10)13-8-9-4-3-7-14-9/h1-7,13H,8,12H2. The fourth-order valence-corrected chi connectivity index (χ4v) is 1.90. The zero-order chi connectivity index (χ0) is 9.80. The maximum absolute atomic E-state index is 5.80. The largest absolute Gasteiger partial charge is 0.397 e. The summed E-state index contributed by atoms with van der Waals surface area (Å²) in [6, 6.07) is 12.0. The first-order chi connectivity index (χ1) is 6.86. The van der Waals surface area contributed by atoms with Gasteiger partial charge >= 0.3 is 0 Å². The smallest absolute Gasteiger partial charge is 0.0576 e. The molecule has 0 atom stereocenters. The first kappa shape index (κ1) is 9.09. The Kier molecular flexibility index (Phi) is 2.70. The molecule has 0 spiro atoms. The average molecular weight is 204 g/mol. The third-order valence-corrected chi connectivity index (χ3v) is 2.87. The molecule has 3 N–H and O–H groups in total. The molecule has 3 heteroatoms. The molecule has 0 radical (unpaired) electrons. The number of nitrogen functional groups attached to an aromatic ring is 1. The molecule has 0 saturated carbocycles. The summed E-state index contributed by atoms with van der Waals surface area (Å²) in [7, 11) is 0. The zero-order valence-electron chi connectivity index (χ0n) is 7.73. The van der Waals surface area contributed by atoms with Gasteiger partial charge in [0.2, 0.25) is 0 Å². The van der Waals surface area contributed by atoms with Crippen molar-refractivity contribution in [3.05, 3.63) is 46.7 Å². The van der Waals surface area contributed by atoms with Gasteiger partial charge in [-0.2, -0.15) is 0 Å². The summed E-state index contributed by atoms with van der Waals surface area (Å²) in [5, 5.41) is 5.38. The molecule has 2 rings (SSSR count). The van der Waals surface area contributed by atoms with Crippen molar-refractivity contribution in [1.82, 2.24) is 0 Å². The number of rotatable bonds is 3. The highest BCUT2D eigenvalue weighted by molar-refractivity contribution is 7.09. The molecule has 72 valence electrons. The maximum Gasteiger partial charge on any atom is 0.0576 e. The summed E-state index contributed by atoms with van der Waals surface area (Å²) in [6.45, 7) is 0.839. The van der Waals surface area contributed by atoms with Gasteiger partial charge in [-0.15, -0.1) is 11.3 Å². The molecule has 2 aromatic rings. The molecule has 14 heavy (non-hydrogen) atoms. The van der Waals surface area contributed by atoms with E-state index in [0.29, 0.717) is 0 Å². The quantitative estimate of drug-likeness (QED) is 0.754. The van der Waals surface area contributed by atoms with Crippen molar-refractivity contribution in [1.29, 1.82) is 0 Å². The Labute approximate surface area is 87.4 Å². The van der Waals surface area contributed by atoms with Crippen molar-refractivity contribution in [2.75, 3.05) is 11.1 Å². The van der Waals surface area contributed by atoms with Gasteiger partial charge in [-0.1, -0.05) is 18.2 Å². The highest BCUT2D eigenvalue weighted by Gasteiger charge is 1.97. The van der Waals surface area contributed by atoms with E-state index in [1.165, 1.54) is 4.88 Å². The second-order valence-electron chi connectivity index (χ2n) is 3.02. The maximum atomic E-state index is 5.80. The topological polar surface area (TPSA) is 38.0 Å². The summed E-state index contributed by atoms with van der Waals surface area (Å²) in [4.78, 5) is 1.31. The van der Waals surface area contributed by atoms with E-state index in [-0.39, 0.29) is 0 Å². The number of hydrogen-bond donors (Lipinski definition) is 2. The van der Waals surface area contributed by atoms with Gasteiger partial charge in [0.1, 0.15) is 0 Å². The van der Waals surface area contributed by atoms with Crippen LogP contribution in [0.4, 0.5) is 11.4 Å². The lowest BCUT2D eigenvalue weighted by atomic mass is 10.2. The van der Waals surface area contributed by atoms with E-state index in [1.54, 1.807) is 11.3 Å². The van der Waals surface area contributed by atoms with Crippen LogP contribution >= 0.6 is 11.3 Å². The van der Waals surface area contributed by atoms with Crippen LogP contribution in [0.1, 0.15) is 4.88 Å². The van der Waals surface area contributed by atoms with E-state index in [9.17, 15) is 0 Å². The fourth-order valence-electron chi connectivity index (χ4n) is 1.25. The van der Waals surface area contributed by atoms with Crippen LogP contribution in [-0.4, -0.2) is 0 Å². The lowest BCUT2D eigenvalue weighted by molar-refractivity contribution is 1.19. The first-order valence-corrected chi connectivity index (χ1v) is 5.35. The van der Waals surface area contributed by atoms with Crippen LogP contribution in [-0.2, 0) is 6.54 Å². The predicted octanol–water partition coefficient (Wildman–Crippen LogP) is 2.94. The number of hydrogen-bond acceptors (Lipinski definition) is 3. The molecule has 0 aliphatic carbocycles. The van der Waals surface area contributed by atoms with E-state index >= 15 is 0 Å². The summed E-state index contributed by atoms with van der Waals surface area (Å²) in [5.41, 5.74) is 7.60. The van der Waals surface area contributed by atoms with Crippen molar-refractivity contribution >= 4 is 22.7 Å². The molecule has 0 saturated heterocycles. The van der Waals surface area contributed by atoms with E-state index < -0.39 is 0 Å². The van der Waals surface area contributed by atoms with Crippen molar-refractivity contribution in [2.24, 2.45) is 0 Å². The van der Waals surface area contributed by atoms with Gasteiger partial charge < -0.3 is 11.1 Å². The molecule has 0 amide bonds. The van der Waals surface area contributed by atoms with Crippen LogP contribution in [0.3, 0.4) is 0 Å². The van der Waals surface area contributed by atoms with E-state index in [1.807, 2.05) is 24.3 Å². The van der Waals surface area contributed by atoms with Gasteiger partial charge in [0.25, 0.3) is 0 Å². The molecular weight excluding hydrogens is 192 g/mol. The summed E-state index contributed by atoms with van der Waals surface area (Å²) in [5.74, 6) is 0. The lowest BCUT2D eigenvalue weighted by Crippen LogP contribution is -2.00. The summed E-state index contributed by atoms with van der Waals surface area (Å²) in [6.07, 6.45) is 0. The summed E-state index contributed by atoms with van der Waals surface area (Å²) < 4.78 is 0. The van der Waals surface area contributed by atoms with Gasteiger partial charge in [-0.3, -0.25) is 0 Å². The molecule has 0 unspecified atom stereocenters. The number of nitrogens with one attached hydrogen (secondary N) is 1. The predicted molar refractivity (Wildman–Crippen MR) is 62.5 cm³/mol. The van der Waals surface area contributed by atoms with E-state index in [2.05, 4.69) is 22.8 Å². The zero-order valence-corrected chi connectivity index (χ0v) is 8.55. The molecule has 1 heterocycles. The van der Waals surface area contributed by atoms with Crippen LogP contribution in [0.5, 0.6) is 0 Å². The second-order valence-corrected chi connectivity index (χ2v) is 4.05. The van der Waals surface area contributed by atoms with Crippen molar-refractivity contribution in [3.63, 3.8) is 0 Å². The summed E-state index contributed by atoms with van der Waals surface area (Å²) >= 11 is 1.74. The minimum atomic E-state index is 0.795. The van der Waals surface area contributed by atoms with Crippen molar-refractivity contribution in [3.8, 4) is 0 Å². The Bertz CT molecular complexity index is 395. The molecule has 1 aromatic carbocycles. The highest BCUT2D eigenvalue weighted by Crippen LogP contribution is 2.18. The van der Waals surface area contributed by atoms with Gasteiger partial charge in [0.15, 0.2) is 0 Å². The third kappa shape index (κ3) is 2.06. The van der Waals surface area contributed by atoms with Crippen LogP contribution < -0.4 is 11.1 Å². The number of nitrogens with two attached hydrogens (primary N) is 1. The molecule has 1 aromatic heterocycles. The molecule has 0 aliphatic rings. The first-order valence-electron chi connectivity index (χ1n) is 4.47. The second kappa shape index (κ2) is 4.15. The minimum absolute atomic E-state index is 0.795. The van der Waals surface area contributed by atoms with Gasteiger partial charge in [-0.05, 0) is 23.6 Å². The molecule has 2 nitrogen and oxygen atoms in total. The van der Waals surface area contributed by atoms with Crippen molar-refractivity contribution in [2.45, 2.75) is 6.54 Å². The lowest BCUT2D eigenvalue weighted by Gasteiger charge is -2.07. The minimum Gasteiger partial charge on any atom is -0.397 e. The monoisotopic (exact) mass is 204 g/mol. The average Bonchev–Trinajstić information content (AvgIpc) is 2.69. The molecular formula is C11H12N2S. The molecule has 0 fully saturated rings. The van der Waals surface area contributed by atoms with Gasteiger partial charge in [-0.25, -0.2) is 0 Å². The number of benzene rings is 1. The highest BCUT2D eigenvalue weighted by atomic mass is 32.1. The van der Waals surface area contributed by atoms with Crippen LogP contribution in [0.15, 0.2) is 41.8 Å². The van der Waals surface area contributed by atoms with Crippen LogP contribution in [0, 0.1) is 0 Å². The SMILES string of the molecule is Nc1ccccc1NCc1cccs1. The third-order valence-electron chi connectivity index (χ3n) is 1.99. The Balaban J connectivity index is 2.02. The van der Waals surface area contributed by atoms with Crippen LogP contribution in [0.2, 0.25) is 0 Å². The Morgan fingerprint density at radius 1 is 1.14 bits per heavy atom. The van der Waals surface area contributed by atoms with Gasteiger partial charge in [0.05, 0.1) is 11.4 Å². The Morgan fingerprint density at radius 3 is 2.71 bits per heavy atom. The molecule has 0 bridgehead atoms. The van der Waals surface area contributed by atoms with Crippen LogP contribution in [0.25, 0.3) is 0 Å². The van der Waals surface area contributed by atoms with Gasteiger partial charge in [0, 0.05) is 11.4 Å². The molecule has 0 aliphatic heterocycles. The van der Waals surface area contributed by atoms with E-state index in [0.717, 1.165) is 17.9 Å². The Morgan fingerprint density at radius 2 is 2.00 bits per heavy atom. The normalized spacial score (nSPS) is 10.0. The van der Waals surface area contributed by atoms with E-state index in [4.69, 9.17) is 5.73 Å². The number of anilines is 2.